The highest BCUT2D eigenvalue weighted by atomic mass is 16.3. The summed E-state index contributed by atoms with van der Waals surface area (Å²) >= 11 is 0. The van der Waals surface area contributed by atoms with Gasteiger partial charge in [-0.25, -0.2) is 4.98 Å². The van der Waals surface area contributed by atoms with Gasteiger partial charge < -0.3 is 13.9 Å². The van der Waals surface area contributed by atoms with Gasteiger partial charge in [0.15, 0.2) is 11.5 Å². The second-order valence-electron chi connectivity index (χ2n) is 5.62. The van der Waals surface area contributed by atoms with Crippen LogP contribution in [0.4, 0.5) is 0 Å². The minimum Gasteiger partial charge on any atom is -0.461 e. The Bertz CT molecular complexity index is 779. The van der Waals surface area contributed by atoms with Crippen molar-refractivity contribution in [1.82, 2.24) is 14.5 Å². The maximum Gasteiger partial charge on any atom is 0.272 e. The van der Waals surface area contributed by atoms with Crippen molar-refractivity contribution in [3.63, 3.8) is 0 Å². The molecule has 1 saturated heterocycles. The van der Waals surface area contributed by atoms with Crippen molar-refractivity contribution in [2.45, 2.75) is 25.3 Å². The Morgan fingerprint density at radius 2 is 2.26 bits per heavy atom. The fraction of sp³-hybridized carbons (Fsp3) is 0.375. The molecule has 0 N–H and O–H groups in total. The zero-order valence-corrected chi connectivity index (χ0v) is 12.8. The van der Waals surface area contributed by atoms with E-state index in [1.54, 1.807) is 24.1 Å². The van der Waals surface area contributed by atoms with Crippen molar-refractivity contribution in [1.29, 1.82) is 0 Å². The molecule has 1 aliphatic rings. The lowest BCUT2D eigenvalue weighted by atomic mass is 10.1. The van der Waals surface area contributed by atoms with Crippen LogP contribution in [0, 0.1) is 0 Å². The number of aromatic nitrogens is 2. The Kier molecular flexibility index (Phi) is 4.10. The number of furan rings is 1. The SMILES string of the molecule is Cn1cnc(C(=O)N2CCCC2CC(=O)c2ccco2)cc1=O. The molecule has 0 aliphatic carbocycles. The maximum atomic E-state index is 12.6. The predicted molar refractivity (Wildman–Crippen MR) is 81.2 cm³/mol. The van der Waals surface area contributed by atoms with Crippen molar-refractivity contribution in [2.24, 2.45) is 7.05 Å². The van der Waals surface area contributed by atoms with Crippen LogP contribution in [-0.4, -0.2) is 38.7 Å². The molecule has 1 aliphatic heterocycles. The van der Waals surface area contributed by atoms with E-state index in [1.165, 1.54) is 23.2 Å². The molecule has 23 heavy (non-hydrogen) atoms. The van der Waals surface area contributed by atoms with Gasteiger partial charge in [-0.2, -0.15) is 0 Å². The predicted octanol–water partition coefficient (Wildman–Crippen LogP) is 1.25. The lowest BCUT2D eigenvalue weighted by molar-refractivity contribution is 0.0707. The summed E-state index contributed by atoms with van der Waals surface area (Å²) in [5, 5.41) is 0. The Hall–Kier alpha value is -2.70. The summed E-state index contributed by atoms with van der Waals surface area (Å²) in [5.74, 6) is -0.134. The molecule has 1 unspecified atom stereocenters. The Balaban J connectivity index is 1.75. The Morgan fingerprint density at radius 3 is 2.96 bits per heavy atom. The number of amides is 1. The fourth-order valence-electron chi connectivity index (χ4n) is 2.79. The number of nitrogens with zero attached hydrogens (tertiary/aromatic N) is 3. The molecular weight excluding hydrogens is 298 g/mol. The van der Waals surface area contributed by atoms with Crippen LogP contribution in [0.2, 0.25) is 0 Å². The van der Waals surface area contributed by atoms with Gasteiger partial charge in [0.2, 0.25) is 0 Å². The summed E-state index contributed by atoms with van der Waals surface area (Å²) in [6, 6.07) is 4.32. The van der Waals surface area contributed by atoms with Crippen molar-refractivity contribution >= 4 is 11.7 Å². The van der Waals surface area contributed by atoms with E-state index in [4.69, 9.17) is 4.42 Å². The van der Waals surface area contributed by atoms with Gasteiger partial charge in [-0.15, -0.1) is 0 Å². The largest absolute Gasteiger partial charge is 0.461 e. The van der Waals surface area contributed by atoms with E-state index in [2.05, 4.69) is 4.98 Å². The van der Waals surface area contributed by atoms with Gasteiger partial charge in [0.05, 0.1) is 12.6 Å². The molecule has 0 aromatic carbocycles. The van der Waals surface area contributed by atoms with Crippen LogP contribution in [-0.2, 0) is 7.05 Å². The zero-order valence-electron chi connectivity index (χ0n) is 12.8. The van der Waals surface area contributed by atoms with Crippen LogP contribution in [0.25, 0.3) is 0 Å². The number of hydrogen-bond acceptors (Lipinski definition) is 5. The Morgan fingerprint density at radius 1 is 1.43 bits per heavy atom. The summed E-state index contributed by atoms with van der Waals surface area (Å²) in [4.78, 5) is 42.0. The van der Waals surface area contributed by atoms with Crippen molar-refractivity contribution in [2.75, 3.05) is 6.54 Å². The average molecular weight is 315 g/mol. The second-order valence-corrected chi connectivity index (χ2v) is 5.62. The molecule has 2 aromatic rings. The van der Waals surface area contributed by atoms with Gasteiger partial charge in [0.25, 0.3) is 11.5 Å². The number of aryl methyl sites for hydroxylation is 1. The molecular formula is C16H17N3O4. The minimum absolute atomic E-state index is 0.116. The maximum absolute atomic E-state index is 12.6. The molecule has 0 bridgehead atoms. The first-order chi connectivity index (χ1) is 11.1. The van der Waals surface area contributed by atoms with Gasteiger partial charge in [-0.1, -0.05) is 0 Å². The molecule has 3 heterocycles. The van der Waals surface area contributed by atoms with Crippen LogP contribution in [0.3, 0.4) is 0 Å². The topological polar surface area (TPSA) is 85.4 Å². The highest BCUT2D eigenvalue weighted by Gasteiger charge is 2.32. The average Bonchev–Trinajstić information content (AvgIpc) is 3.20. The van der Waals surface area contributed by atoms with Gasteiger partial charge in [-0.3, -0.25) is 14.4 Å². The third-order valence-electron chi connectivity index (χ3n) is 4.05. The highest BCUT2D eigenvalue weighted by molar-refractivity contribution is 5.96. The number of carbonyl (C=O) groups excluding carboxylic acids is 2. The van der Waals surface area contributed by atoms with Crippen molar-refractivity contribution in [3.05, 3.63) is 52.6 Å². The Labute approximate surface area is 132 Å². The van der Waals surface area contributed by atoms with Gasteiger partial charge >= 0.3 is 0 Å². The monoisotopic (exact) mass is 315 g/mol. The summed E-state index contributed by atoms with van der Waals surface area (Å²) in [5.41, 5.74) is -0.170. The van der Waals surface area contributed by atoms with E-state index >= 15 is 0 Å². The van der Waals surface area contributed by atoms with Crippen LogP contribution in [0.15, 0.2) is 40.0 Å². The lowest BCUT2D eigenvalue weighted by Gasteiger charge is -2.23. The summed E-state index contributed by atoms with van der Waals surface area (Å²) < 4.78 is 6.41. The molecule has 120 valence electrons. The number of rotatable bonds is 4. The van der Waals surface area contributed by atoms with E-state index in [-0.39, 0.29) is 35.4 Å². The lowest BCUT2D eigenvalue weighted by Crippen LogP contribution is -2.38. The van der Waals surface area contributed by atoms with Crippen LogP contribution in [0.1, 0.15) is 40.3 Å². The molecule has 1 fully saturated rings. The highest BCUT2D eigenvalue weighted by Crippen LogP contribution is 2.23. The molecule has 7 nitrogen and oxygen atoms in total. The van der Waals surface area contributed by atoms with E-state index < -0.39 is 0 Å². The number of hydrogen-bond donors (Lipinski definition) is 0. The van der Waals surface area contributed by atoms with E-state index in [0.29, 0.717) is 12.3 Å². The first kappa shape index (κ1) is 15.2. The molecule has 7 heteroatoms. The summed E-state index contributed by atoms with van der Waals surface area (Å²) in [7, 11) is 1.57. The fourth-order valence-corrected chi connectivity index (χ4v) is 2.79. The van der Waals surface area contributed by atoms with E-state index in [1.807, 2.05) is 0 Å². The molecule has 3 rings (SSSR count). The van der Waals surface area contributed by atoms with Crippen LogP contribution in [0.5, 0.6) is 0 Å². The molecule has 1 atom stereocenters. The first-order valence-electron chi connectivity index (χ1n) is 7.46. The van der Waals surface area contributed by atoms with E-state index in [9.17, 15) is 14.4 Å². The van der Waals surface area contributed by atoms with Crippen molar-refractivity contribution in [3.8, 4) is 0 Å². The normalized spacial score (nSPS) is 17.4. The molecule has 0 saturated carbocycles. The third kappa shape index (κ3) is 3.08. The van der Waals surface area contributed by atoms with Crippen molar-refractivity contribution < 1.29 is 14.0 Å². The minimum atomic E-state index is -0.308. The standard InChI is InChI=1S/C16H17N3O4/c1-18-10-17-12(9-15(18)21)16(22)19-6-2-4-11(19)8-13(20)14-5-3-7-23-14/h3,5,7,9-11H,2,4,6,8H2,1H3. The molecule has 1 amide bonds. The molecule has 0 radical (unpaired) electrons. The molecule has 2 aromatic heterocycles. The quantitative estimate of drug-likeness (QED) is 0.793. The number of likely N-dealkylation sites (tertiary alicyclic amines) is 1. The van der Waals surface area contributed by atoms with Gasteiger partial charge in [-0.05, 0) is 25.0 Å². The number of carbonyl (C=O) groups is 2. The van der Waals surface area contributed by atoms with Crippen LogP contribution >= 0.6 is 0 Å². The number of Topliss-reactive ketones (excluding diaryl/α,β-unsaturated/α-hetero) is 1. The third-order valence-corrected chi connectivity index (χ3v) is 4.05. The number of ketones is 1. The zero-order chi connectivity index (χ0) is 16.4. The van der Waals surface area contributed by atoms with Gasteiger partial charge in [0.1, 0.15) is 5.69 Å². The summed E-state index contributed by atoms with van der Waals surface area (Å²) in [6.45, 7) is 0.561. The van der Waals surface area contributed by atoms with Crippen LogP contribution < -0.4 is 5.56 Å². The van der Waals surface area contributed by atoms with E-state index in [0.717, 1.165) is 12.8 Å². The second kappa shape index (κ2) is 6.20. The molecule has 0 spiro atoms. The van der Waals surface area contributed by atoms with Gasteiger partial charge in [0, 0.05) is 32.1 Å². The smallest absolute Gasteiger partial charge is 0.272 e. The first-order valence-corrected chi connectivity index (χ1v) is 7.46. The summed E-state index contributed by atoms with van der Waals surface area (Å²) in [6.07, 6.45) is 4.57.